The summed E-state index contributed by atoms with van der Waals surface area (Å²) in [7, 11) is 0. The molecule has 0 unspecified atom stereocenters. The van der Waals surface area contributed by atoms with E-state index in [1.165, 1.54) is 12.8 Å². The van der Waals surface area contributed by atoms with Gasteiger partial charge in [0.1, 0.15) is 0 Å². The fraction of sp³-hybridized carbons (Fsp3) is 0.636. The topological polar surface area (TPSA) is 63.8 Å². The van der Waals surface area contributed by atoms with Crippen LogP contribution in [0.15, 0.2) is 12.4 Å². The number of halogens is 1. The van der Waals surface area contributed by atoms with Crippen molar-refractivity contribution in [2.24, 2.45) is 11.7 Å². The normalized spacial score (nSPS) is 25.4. The minimum Gasteiger partial charge on any atom is -0.354 e. The lowest BCUT2D eigenvalue weighted by Gasteiger charge is -2.26. The molecule has 0 radical (unpaired) electrons. The first-order valence-electron chi connectivity index (χ1n) is 5.71. The Morgan fingerprint density at radius 3 is 2.50 bits per heavy atom. The van der Waals surface area contributed by atoms with Crippen LogP contribution in [0.4, 0.5) is 5.95 Å². The molecule has 5 heteroatoms. The summed E-state index contributed by atoms with van der Waals surface area (Å²) in [6, 6.07) is 0.406. The molecule has 1 aliphatic carbocycles. The Bertz CT molecular complexity index is 319. The van der Waals surface area contributed by atoms with Crippen LogP contribution in [0.5, 0.6) is 0 Å². The van der Waals surface area contributed by atoms with Crippen molar-refractivity contribution in [2.75, 3.05) is 11.9 Å². The molecular formula is C11H17ClN4. The Morgan fingerprint density at radius 1 is 1.25 bits per heavy atom. The summed E-state index contributed by atoms with van der Waals surface area (Å²) in [4.78, 5) is 8.20. The van der Waals surface area contributed by atoms with Gasteiger partial charge in [0.2, 0.25) is 5.95 Å². The second-order valence-corrected chi connectivity index (χ2v) is 4.82. The van der Waals surface area contributed by atoms with Crippen LogP contribution in [0.1, 0.15) is 25.7 Å². The van der Waals surface area contributed by atoms with Gasteiger partial charge in [-0.05, 0) is 31.6 Å². The standard InChI is InChI=1S/C11H17ClN4/c12-9-6-15-11(16-7-9)14-5-8-1-3-10(13)4-2-8/h6-8,10H,1-5,13H2,(H,14,15,16). The monoisotopic (exact) mass is 240 g/mol. The largest absolute Gasteiger partial charge is 0.354 e. The number of nitrogens with zero attached hydrogens (tertiary/aromatic N) is 2. The molecule has 0 saturated heterocycles. The maximum Gasteiger partial charge on any atom is 0.222 e. The zero-order chi connectivity index (χ0) is 11.4. The van der Waals surface area contributed by atoms with Crippen LogP contribution in [0.25, 0.3) is 0 Å². The van der Waals surface area contributed by atoms with E-state index in [2.05, 4.69) is 15.3 Å². The first-order chi connectivity index (χ1) is 7.74. The van der Waals surface area contributed by atoms with Crippen LogP contribution in [0, 0.1) is 5.92 Å². The molecule has 0 atom stereocenters. The van der Waals surface area contributed by atoms with Crippen LogP contribution in [-0.2, 0) is 0 Å². The van der Waals surface area contributed by atoms with Gasteiger partial charge in [-0.15, -0.1) is 0 Å². The predicted octanol–water partition coefficient (Wildman–Crippen LogP) is 2.06. The van der Waals surface area contributed by atoms with Crippen molar-refractivity contribution in [2.45, 2.75) is 31.7 Å². The number of nitrogens with two attached hydrogens (primary N) is 1. The van der Waals surface area contributed by atoms with Crippen LogP contribution in [0.3, 0.4) is 0 Å². The number of anilines is 1. The molecule has 0 aliphatic heterocycles. The molecule has 2 rings (SSSR count). The van der Waals surface area contributed by atoms with Gasteiger partial charge in [-0.2, -0.15) is 0 Å². The SMILES string of the molecule is NC1CCC(CNc2ncc(Cl)cn2)CC1. The fourth-order valence-corrected chi connectivity index (χ4v) is 2.13. The molecule has 3 N–H and O–H groups in total. The lowest BCUT2D eigenvalue weighted by Crippen LogP contribution is -2.29. The fourth-order valence-electron chi connectivity index (χ4n) is 2.03. The van der Waals surface area contributed by atoms with Crippen molar-refractivity contribution >= 4 is 17.5 Å². The van der Waals surface area contributed by atoms with Crippen LogP contribution >= 0.6 is 11.6 Å². The van der Waals surface area contributed by atoms with Gasteiger partial charge in [-0.3, -0.25) is 0 Å². The van der Waals surface area contributed by atoms with Gasteiger partial charge >= 0.3 is 0 Å². The zero-order valence-corrected chi connectivity index (χ0v) is 9.95. The first kappa shape index (κ1) is 11.6. The van der Waals surface area contributed by atoms with Gasteiger partial charge < -0.3 is 11.1 Å². The van der Waals surface area contributed by atoms with Crippen LogP contribution in [-0.4, -0.2) is 22.6 Å². The summed E-state index contributed by atoms with van der Waals surface area (Å²) in [5.74, 6) is 1.35. The summed E-state index contributed by atoms with van der Waals surface area (Å²) in [5, 5.41) is 3.80. The van der Waals surface area contributed by atoms with Crippen molar-refractivity contribution in [3.8, 4) is 0 Å². The Balaban J connectivity index is 1.77. The highest BCUT2D eigenvalue weighted by Crippen LogP contribution is 2.23. The lowest BCUT2D eigenvalue weighted by molar-refractivity contribution is 0.338. The maximum atomic E-state index is 5.86. The summed E-state index contributed by atoms with van der Waals surface area (Å²) < 4.78 is 0. The average molecular weight is 241 g/mol. The highest BCUT2D eigenvalue weighted by Gasteiger charge is 2.18. The number of hydrogen-bond acceptors (Lipinski definition) is 4. The van der Waals surface area contributed by atoms with Gasteiger partial charge in [0.15, 0.2) is 0 Å². The molecule has 4 nitrogen and oxygen atoms in total. The van der Waals surface area contributed by atoms with Gasteiger partial charge in [-0.25, -0.2) is 9.97 Å². The highest BCUT2D eigenvalue weighted by molar-refractivity contribution is 6.30. The van der Waals surface area contributed by atoms with Crippen molar-refractivity contribution in [1.82, 2.24) is 9.97 Å². The van der Waals surface area contributed by atoms with Crippen LogP contribution in [0.2, 0.25) is 5.02 Å². The smallest absolute Gasteiger partial charge is 0.222 e. The minimum absolute atomic E-state index is 0.406. The Kier molecular flexibility index (Phi) is 3.96. The van der Waals surface area contributed by atoms with E-state index >= 15 is 0 Å². The average Bonchev–Trinajstić information content (AvgIpc) is 2.30. The number of nitrogens with one attached hydrogen (secondary N) is 1. The summed E-state index contributed by atoms with van der Waals surface area (Å²) >= 11 is 5.71. The van der Waals surface area contributed by atoms with E-state index < -0.39 is 0 Å². The molecule has 1 aliphatic rings. The second kappa shape index (κ2) is 5.46. The molecule has 0 amide bonds. The number of rotatable bonds is 3. The molecule has 1 heterocycles. The van der Waals surface area contributed by atoms with Gasteiger partial charge in [0.05, 0.1) is 17.4 Å². The minimum atomic E-state index is 0.406. The molecule has 0 aromatic carbocycles. The molecule has 88 valence electrons. The molecule has 0 bridgehead atoms. The van der Waals surface area contributed by atoms with Crippen LogP contribution < -0.4 is 11.1 Å². The van der Waals surface area contributed by atoms with E-state index in [1.54, 1.807) is 12.4 Å². The maximum absolute atomic E-state index is 5.86. The van der Waals surface area contributed by atoms with E-state index in [0.29, 0.717) is 22.9 Å². The van der Waals surface area contributed by atoms with Gasteiger partial charge in [0, 0.05) is 12.6 Å². The van der Waals surface area contributed by atoms with Gasteiger partial charge in [-0.1, -0.05) is 11.6 Å². The lowest BCUT2D eigenvalue weighted by atomic mass is 9.86. The van der Waals surface area contributed by atoms with E-state index in [1.807, 2.05) is 0 Å². The zero-order valence-electron chi connectivity index (χ0n) is 9.19. The summed E-state index contributed by atoms with van der Waals surface area (Å²) in [6.07, 6.45) is 7.87. The molecule has 0 spiro atoms. The summed E-state index contributed by atoms with van der Waals surface area (Å²) in [6.45, 7) is 0.925. The molecule has 1 fully saturated rings. The second-order valence-electron chi connectivity index (χ2n) is 4.39. The Hall–Kier alpha value is -0.870. The van der Waals surface area contributed by atoms with E-state index in [4.69, 9.17) is 17.3 Å². The Morgan fingerprint density at radius 2 is 1.88 bits per heavy atom. The Labute approximate surface area is 101 Å². The van der Waals surface area contributed by atoms with Gasteiger partial charge in [0.25, 0.3) is 0 Å². The highest BCUT2D eigenvalue weighted by atomic mass is 35.5. The van der Waals surface area contributed by atoms with Crippen molar-refractivity contribution in [1.29, 1.82) is 0 Å². The number of aromatic nitrogens is 2. The quantitative estimate of drug-likeness (QED) is 0.849. The molecule has 1 aromatic rings. The van der Waals surface area contributed by atoms with Crippen molar-refractivity contribution in [3.05, 3.63) is 17.4 Å². The van der Waals surface area contributed by atoms with Crippen molar-refractivity contribution in [3.63, 3.8) is 0 Å². The van der Waals surface area contributed by atoms with Crippen molar-refractivity contribution < 1.29 is 0 Å². The van der Waals surface area contributed by atoms with E-state index in [0.717, 1.165) is 19.4 Å². The van der Waals surface area contributed by atoms with E-state index in [-0.39, 0.29) is 0 Å². The third kappa shape index (κ3) is 3.32. The third-order valence-electron chi connectivity index (χ3n) is 3.06. The molecule has 16 heavy (non-hydrogen) atoms. The van der Waals surface area contributed by atoms with E-state index in [9.17, 15) is 0 Å². The third-order valence-corrected chi connectivity index (χ3v) is 3.26. The predicted molar refractivity (Wildman–Crippen MR) is 65.5 cm³/mol. The molecule has 1 saturated carbocycles. The number of hydrogen-bond donors (Lipinski definition) is 2. The molecule has 1 aromatic heterocycles. The molecular weight excluding hydrogens is 224 g/mol. The summed E-state index contributed by atoms with van der Waals surface area (Å²) in [5.41, 5.74) is 5.86. The first-order valence-corrected chi connectivity index (χ1v) is 6.09.